The molecule has 2 heterocycles. The molecule has 0 saturated carbocycles. The van der Waals surface area contributed by atoms with Gasteiger partial charge < -0.3 is 46.9 Å². The molecule has 19 nitrogen and oxygen atoms in total. The zero-order valence-corrected chi connectivity index (χ0v) is 39.4. The number of rotatable bonds is 23. The number of primary amides is 1. The summed E-state index contributed by atoms with van der Waals surface area (Å²) in [5, 5.41) is 14.5. The second kappa shape index (κ2) is 24.9. The van der Waals surface area contributed by atoms with E-state index in [0.717, 1.165) is 10.9 Å². The molecule has 0 bridgehead atoms. The summed E-state index contributed by atoms with van der Waals surface area (Å²) >= 11 is 1.49. The first-order valence-corrected chi connectivity index (χ1v) is 23.6. The maximum Gasteiger partial charge on any atom is 0.408 e. The van der Waals surface area contributed by atoms with Crippen LogP contribution in [0.5, 0.6) is 0 Å². The van der Waals surface area contributed by atoms with E-state index < -0.39 is 89.3 Å². The molecule has 2 aromatic carbocycles. The van der Waals surface area contributed by atoms with E-state index in [0.29, 0.717) is 29.7 Å². The first kappa shape index (κ1) is 52.5. The predicted molar refractivity (Wildman–Crippen MR) is 251 cm³/mol. The average molecular weight is 935 g/mol. The Morgan fingerprint density at radius 2 is 1.41 bits per heavy atom. The van der Waals surface area contributed by atoms with Crippen LogP contribution in [0, 0.1) is 5.92 Å². The van der Waals surface area contributed by atoms with E-state index in [4.69, 9.17) is 16.3 Å². The number of amides is 8. The SMILES string of the molecule is CSCC[C@H](NC(=O)[C@H](CC(C)C)NC(=O)[C@@H]1CCCN1C(=O)[C@H](Cc1ccccc1)NC(=O)[C@H](Cc1c[nH]c2ccccc12)NC(=O)[C@H](CCC(N)=O)NC(=O)OC(C)(C)C)C(=O)NN. The molecule has 1 aromatic heterocycles. The van der Waals surface area contributed by atoms with Crippen LogP contribution in [0.15, 0.2) is 60.8 Å². The number of H-pyrrole nitrogens is 1. The van der Waals surface area contributed by atoms with E-state index in [2.05, 4.69) is 37.0 Å². The molecule has 0 radical (unpaired) electrons. The summed E-state index contributed by atoms with van der Waals surface area (Å²) in [5.74, 6) is 1.40. The van der Waals surface area contributed by atoms with Crippen molar-refractivity contribution in [3.8, 4) is 0 Å². The minimum Gasteiger partial charge on any atom is -0.444 e. The number of carbonyl (C=O) groups excluding carboxylic acids is 8. The van der Waals surface area contributed by atoms with Crippen molar-refractivity contribution in [3.05, 3.63) is 71.9 Å². The predicted octanol–water partition coefficient (Wildman–Crippen LogP) is 1.83. The zero-order valence-electron chi connectivity index (χ0n) is 38.6. The number of nitrogens with zero attached hydrogens (tertiary/aromatic N) is 1. The van der Waals surface area contributed by atoms with Crippen LogP contribution in [-0.4, -0.2) is 118 Å². The number of carbonyl (C=O) groups is 8. The van der Waals surface area contributed by atoms with Crippen LogP contribution in [0.1, 0.15) is 84.3 Å². The van der Waals surface area contributed by atoms with Crippen LogP contribution < -0.4 is 43.6 Å². The third kappa shape index (κ3) is 16.1. The number of likely N-dealkylation sites (tertiary alicyclic amines) is 1. The molecule has 0 spiro atoms. The van der Waals surface area contributed by atoms with Gasteiger partial charge in [0.2, 0.25) is 35.4 Å². The summed E-state index contributed by atoms with van der Waals surface area (Å²) in [6.45, 7) is 8.90. The number of para-hydroxylation sites is 1. The van der Waals surface area contributed by atoms with Gasteiger partial charge in [-0.1, -0.05) is 62.4 Å². The first-order valence-electron chi connectivity index (χ1n) is 22.2. The second-order valence-corrected chi connectivity index (χ2v) is 18.8. The second-order valence-electron chi connectivity index (χ2n) is 17.8. The Labute approximate surface area is 389 Å². The molecule has 3 aromatic rings. The summed E-state index contributed by atoms with van der Waals surface area (Å²) in [4.78, 5) is 113. The molecule has 1 fully saturated rings. The van der Waals surface area contributed by atoms with Crippen molar-refractivity contribution in [2.45, 2.75) is 128 Å². The molecule has 6 atom stereocenters. The highest BCUT2D eigenvalue weighted by molar-refractivity contribution is 7.98. The molecule has 1 aliphatic heterocycles. The minimum atomic E-state index is -1.34. The lowest BCUT2D eigenvalue weighted by Crippen LogP contribution is -2.60. The molecule has 8 amide bonds. The fraction of sp³-hybridized carbons (Fsp3) is 0.522. The Hall–Kier alpha value is -6.15. The van der Waals surface area contributed by atoms with Crippen LogP contribution in [0.3, 0.4) is 0 Å². The van der Waals surface area contributed by atoms with Crippen molar-refractivity contribution in [2.24, 2.45) is 17.5 Å². The smallest absolute Gasteiger partial charge is 0.408 e. The maximum atomic E-state index is 14.8. The quantitative estimate of drug-likeness (QED) is 0.0376. The van der Waals surface area contributed by atoms with Crippen molar-refractivity contribution in [3.63, 3.8) is 0 Å². The van der Waals surface area contributed by atoms with Crippen molar-refractivity contribution in [2.75, 3.05) is 18.6 Å². The fourth-order valence-electron chi connectivity index (χ4n) is 7.68. The molecule has 66 heavy (non-hydrogen) atoms. The molecular formula is C46H66N10O9S. The van der Waals surface area contributed by atoms with E-state index in [1.54, 1.807) is 51.2 Å². The van der Waals surface area contributed by atoms with Crippen LogP contribution in [0.2, 0.25) is 0 Å². The topological polar surface area (TPSA) is 289 Å². The molecular weight excluding hydrogens is 869 g/mol. The van der Waals surface area contributed by atoms with Gasteiger partial charge in [0.05, 0.1) is 0 Å². The Bertz CT molecular complexity index is 2160. The standard InChI is InChI=1S/C46H66N10O9S/c1-27(2)23-34(40(59)50-33(20-22-66-6)42(61)55-48)52-43(62)37-17-12-21-56(37)44(63)36(24-28-13-8-7-9-14-28)53-41(60)35(25-29-26-49-31-16-11-10-15-30(29)31)51-39(58)32(18-19-38(47)57)54-45(64)65-46(3,4)5/h7-11,13-16,26-27,32-37,49H,12,17-25,48H2,1-6H3,(H2,47,57)(H,50,59)(H,51,58)(H,52,62)(H,53,60)(H,54,64)(H,55,61)/t32-,33-,34-,35-,36-,37-/m0/s1. The van der Waals surface area contributed by atoms with E-state index in [9.17, 15) is 38.4 Å². The fourth-order valence-corrected chi connectivity index (χ4v) is 8.15. The largest absolute Gasteiger partial charge is 0.444 e. The Balaban J connectivity index is 1.64. The van der Waals surface area contributed by atoms with Crippen molar-refractivity contribution in [1.29, 1.82) is 0 Å². The van der Waals surface area contributed by atoms with Crippen LogP contribution in [0.25, 0.3) is 10.9 Å². The monoisotopic (exact) mass is 934 g/mol. The number of aromatic nitrogens is 1. The van der Waals surface area contributed by atoms with Gasteiger partial charge in [-0.25, -0.2) is 10.6 Å². The van der Waals surface area contributed by atoms with Gasteiger partial charge in [-0.3, -0.25) is 39.0 Å². The lowest BCUT2D eigenvalue weighted by molar-refractivity contribution is -0.142. The number of benzene rings is 2. The van der Waals surface area contributed by atoms with Gasteiger partial charge in [-0.05, 0) is 88.0 Å². The average Bonchev–Trinajstić information content (AvgIpc) is 3.92. The number of ether oxygens (including phenoxy) is 1. The Morgan fingerprint density at radius 1 is 0.788 bits per heavy atom. The number of hydrogen-bond acceptors (Lipinski definition) is 11. The van der Waals surface area contributed by atoms with Gasteiger partial charge in [0.25, 0.3) is 5.91 Å². The summed E-state index contributed by atoms with van der Waals surface area (Å²) in [6, 6.07) is 9.50. The summed E-state index contributed by atoms with van der Waals surface area (Å²) in [6.07, 6.45) is 3.45. The number of hydrogen-bond donors (Lipinski definition) is 9. The van der Waals surface area contributed by atoms with Gasteiger partial charge in [-0.15, -0.1) is 0 Å². The van der Waals surface area contributed by atoms with Gasteiger partial charge in [0.1, 0.15) is 41.9 Å². The highest BCUT2D eigenvalue weighted by Gasteiger charge is 2.40. The van der Waals surface area contributed by atoms with E-state index in [-0.39, 0.29) is 51.0 Å². The minimum absolute atomic E-state index is 0.0183. The van der Waals surface area contributed by atoms with Gasteiger partial charge in [0.15, 0.2) is 0 Å². The normalized spacial score (nSPS) is 16.0. The molecule has 0 aliphatic carbocycles. The Morgan fingerprint density at radius 3 is 2.06 bits per heavy atom. The molecule has 1 aliphatic rings. The first-order chi connectivity index (χ1) is 31.3. The number of hydrazine groups is 1. The van der Waals surface area contributed by atoms with Gasteiger partial charge in [0, 0.05) is 42.9 Å². The number of fused-ring (bicyclic) bond motifs is 1. The van der Waals surface area contributed by atoms with Crippen LogP contribution in [0.4, 0.5) is 4.79 Å². The number of thioether (sulfide) groups is 1. The summed E-state index contributed by atoms with van der Waals surface area (Å²) in [5.41, 5.74) is 8.74. The van der Waals surface area contributed by atoms with Crippen LogP contribution in [-0.2, 0) is 51.1 Å². The maximum absolute atomic E-state index is 14.8. The number of nitrogens with two attached hydrogens (primary N) is 2. The third-order valence-corrected chi connectivity index (χ3v) is 11.5. The molecule has 11 N–H and O–H groups in total. The third-order valence-electron chi connectivity index (χ3n) is 10.9. The lowest BCUT2D eigenvalue weighted by atomic mass is 10.0. The van der Waals surface area contributed by atoms with Crippen molar-refractivity contribution in [1.82, 2.24) is 41.9 Å². The lowest BCUT2D eigenvalue weighted by Gasteiger charge is -2.31. The van der Waals surface area contributed by atoms with Crippen LogP contribution >= 0.6 is 11.8 Å². The number of alkyl carbamates (subject to hydrolysis) is 1. The van der Waals surface area contributed by atoms with E-state index in [1.165, 1.54) is 16.7 Å². The zero-order chi connectivity index (χ0) is 48.6. The Kier molecular flexibility index (Phi) is 19.8. The summed E-state index contributed by atoms with van der Waals surface area (Å²) in [7, 11) is 0. The number of aromatic amines is 1. The molecule has 4 rings (SSSR count). The van der Waals surface area contributed by atoms with E-state index >= 15 is 0 Å². The highest BCUT2D eigenvalue weighted by Crippen LogP contribution is 2.23. The molecule has 1 saturated heterocycles. The van der Waals surface area contributed by atoms with Gasteiger partial charge in [-0.2, -0.15) is 11.8 Å². The van der Waals surface area contributed by atoms with E-state index in [1.807, 2.05) is 50.4 Å². The van der Waals surface area contributed by atoms with Crippen molar-refractivity contribution >= 4 is 70.1 Å². The number of nitrogens with one attached hydrogen (secondary N) is 7. The molecule has 0 unspecified atom stereocenters. The van der Waals surface area contributed by atoms with Gasteiger partial charge >= 0.3 is 6.09 Å². The highest BCUT2D eigenvalue weighted by atomic mass is 32.2. The molecule has 360 valence electrons. The molecule has 20 heteroatoms. The summed E-state index contributed by atoms with van der Waals surface area (Å²) < 4.78 is 5.37. The van der Waals surface area contributed by atoms with Crippen molar-refractivity contribution < 1.29 is 43.1 Å².